The Balaban J connectivity index is 2.65. The van der Waals surface area contributed by atoms with E-state index < -0.39 is 21.5 Å². The summed E-state index contributed by atoms with van der Waals surface area (Å²) < 4.78 is 50.5. The monoisotopic (exact) mass is 275 g/mol. The number of sulfone groups is 1. The average molecular weight is 275 g/mol. The Kier molecular flexibility index (Phi) is 3.42. The lowest BCUT2D eigenvalue weighted by atomic mass is 9.95. The third-order valence-electron chi connectivity index (χ3n) is 3.20. The Morgan fingerprint density at radius 2 is 1.94 bits per heavy atom. The molecule has 100 valence electrons. The van der Waals surface area contributed by atoms with Gasteiger partial charge in [-0.15, -0.1) is 0 Å². The quantitative estimate of drug-likeness (QED) is 0.840. The van der Waals surface area contributed by atoms with Crippen LogP contribution < -0.4 is 5.32 Å². The molecule has 1 aliphatic rings. The Bertz CT molecular complexity index is 572. The average Bonchev–Trinajstić information content (AvgIpc) is 2.26. The van der Waals surface area contributed by atoms with Crippen molar-refractivity contribution in [3.05, 3.63) is 29.3 Å². The molecule has 6 heteroatoms. The summed E-state index contributed by atoms with van der Waals surface area (Å²) in [5.74, 6) is -2.36. The molecule has 0 bridgehead atoms. The van der Waals surface area contributed by atoms with Gasteiger partial charge in [-0.3, -0.25) is 0 Å². The molecular weight excluding hydrogens is 260 g/mol. The molecular formula is C12H15F2NO2S. The first-order valence-electron chi connectivity index (χ1n) is 5.82. The summed E-state index contributed by atoms with van der Waals surface area (Å²) in [5, 5.41) is 3.12. The maximum atomic E-state index is 13.3. The largest absolute Gasteiger partial charge is 0.310 e. The van der Waals surface area contributed by atoms with Crippen molar-refractivity contribution in [3.63, 3.8) is 0 Å². The summed E-state index contributed by atoms with van der Waals surface area (Å²) in [6, 6.07) is 1.52. The van der Waals surface area contributed by atoms with E-state index in [1.807, 2.05) is 6.92 Å². The van der Waals surface area contributed by atoms with Crippen LogP contribution in [-0.2, 0) is 9.84 Å². The highest BCUT2D eigenvalue weighted by molar-refractivity contribution is 7.91. The molecule has 0 saturated heterocycles. The fourth-order valence-corrected chi connectivity index (χ4v) is 4.32. The number of nitrogens with one attached hydrogen (secondary N) is 1. The fourth-order valence-electron chi connectivity index (χ4n) is 2.43. The first kappa shape index (κ1) is 13.4. The molecule has 2 unspecified atom stereocenters. The van der Waals surface area contributed by atoms with Crippen molar-refractivity contribution in [1.29, 1.82) is 0 Å². The van der Waals surface area contributed by atoms with E-state index in [0.29, 0.717) is 12.1 Å². The molecule has 0 aliphatic carbocycles. The van der Waals surface area contributed by atoms with E-state index in [1.165, 1.54) is 0 Å². The summed E-state index contributed by atoms with van der Waals surface area (Å²) in [6.45, 7) is 4.30. The first-order valence-corrected chi connectivity index (χ1v) is 7.47. The molecule has 0 saturated carbocycles. The van der Waals surface area contributed by atoms with Crippen molar-refractivity contribution in [2.45, 2.75) is 24.8 Å². The molecule has 1 aromatic rings. The van der Waals surface area contributed by atoms with Crippen molar-refractivity contribution in [3.8, 4) is 0 Å². The lowest BCUT2D eigenvalue weighted by Crippen LogP contribution is -2.36. The third kappa shape index (κ3) is 2.14. The summed E-state index contributed by atoms with van der Waals surface area (Å²) in [7, 11) is -3.53. The molecule has 0 fully saturated rings. The van der Waals surface area contributed by atoms with Crippen LogP contribution >= 0.6 is 0 Å². The zero-order valence-corrected chi connectivity index (χ0v) is 11.0. The SMILES string of the molecule is CCNC1c2cc(F)c(F)cc2S(=O)(=O)CC1C. The Morgan fingerprint density at radius 3 is 2.56 bits per heavy atom. The van der Waals surface area contributed by atoms with Crippen molar-refractivity contribution in [2.24, 2.45) is 5.92 Å². The number of hydrogen-bond acceptors (Lipinski definition) is 3. The van der Waals surface area contributed by atoms with Gasteiger partial charge in [0.25, 0.3) is 0 Å². The van der Waals surface area contributed by atoms with Crippen LogP contribution in [0.4, 0.5) is 8.78 Å². The van der Waals surface area contributed by atoms with Gasteiger partial charge in [-0.25, -0.2) is 17.2 Å². The minimum atomic E-state index is -3.53. The van der Waals surface area contributed by atoms with Gasteiger partial charge in [0.2, 0.25) is 0 Å². The molecule has 0 amide bonds. The number of rotatable bonds is 2. The topological polar surface area (TPSA) is 46.2 Å². The predicted octanol–water partition coefficient (Wildman–Crippen LogP) is 2.04. The summed E-state index contributed by atoms with van der Waals surface area (Å²) in [5.41, 5.74) is 0.328. The number of benzene rings is 1. The van der Waals surface area contributed by atoms with Crippen LogP contribution in [0.25, 0.3) is 0 Å². The van der Waals surface area contributed by atoms with Gasteiger partial charge in [-0.05, 0) is 30.2 Å². The van der Waals surface area contributed by atoms with Gasteiger partial charge in [-0.1, -0.05) is 13.8 Å². The van der Waals surface area contributed by atoms with Crippen LogP contribution in [-0.4, -0.2) is 20.7 Å². The van der Waals surface area contributed by atoms with Crippen LogP contribution in [0.5, 0.6) is 0 Å². The van der Waals surface area contributed by atoms with Crippen LogP contribution in [0.15, 0.2) is 17.0 Å². The van der Waals surface area contributed by atoms with Gasteiger partial charge in [0.05, 0.1) is 10.6 Å². The van der Waals surface area contributed by atoms with E-state index in [9.17, 15) is 17.2 Å². The molecule has 1 heterocycles. The van der Waals surface area contributed by atoms with Gasteiger partial charge in [0, 0.05) is 6.04 Å². The minimum absolute atomic E-state index is 0.0528. The highest BCUT2D eigenvalue weighted by atomic mass is 32.2. The Morgan fingerprint density at radius 1 is 1.33 bits per heavy atom. The summed E-state index contributed by atoms with van der Waals surface area (Å²) >= 11 is 0. The minimum Gasteiger partial charge on any atom is -0.310 e. The maximum Gasteiger partial charge on any atom is 0.179 e. The van der Waals surface area contributed by atoms with E-state index in [1.54, 1.807) is 6.92 Å². The molecule has 1 aromatic carbocycles. The van der Waals surface area contributed by atoms with Crippen LogP contribution in [0.2, 0.25) is 0 Å². The molecule has 2 rings (SSSR count). The van der Waals surface area contributed by atoms with E-state index in [-0.39, 0.29) is 22.6 Å². The van der Waals surface area contributed by atoms with E-state index in [2.05, 4.69) is 5.32 Å². The third-order valence-corrected chi connectivity index (χ3v) is 5.19. The molecule has 3 nitrogen and oxygen atoms in total. The molecule has 18 heavy (non-hydrogen) atoms. The van der Waals surface area contributed by atoms with E-state index in [0.717, 1.165) is 12.1 Å². The number of halogens is 2. The molecule has 0 spiro atoms. The standard InChI is InChI=1S/C12H15F2NO2S/c1-3-15-12-7(2)6-18(16,17)11-5-10(14)9(13)4-8(11)12/h4-5,7,12,15H,3,6H2,1-2H3. The van der Waals surface area contributed by atoms with E-state index >= 15 is 0 Å². The van der Waals surface area contributed by atoms with Crippen LogP contribution in [0, 0.1) is 17.6 Å². The summed E-state index contributed by atoms with van der Waals surface area (Å²) in [6.07, 6.45) is 0. The zero-order chi connectivity index (χ0) is 13.5. The van der Waals surface area contributed by atoms with Gasteiger partial charge >= 0.3 is 0 Å². The molecule has 0 aromatic heterocycles. The highest BCUT2D eigenvalue weighted by Crippen LogP contribution is 2.36. The molecule has 1 N–H and O–H groups in total. The number of fused-ring (bicyclic) bond motifs is 1. The van der Waals surface area contributed by atoms with Gasteiger partial charge < -0.3 is 5.32 Å². The molecule has 1 aliphatic heterocycles. The van der Waals surface area contributed by atoms with Gasteiger partial charge in [0.15, 0.2) is 21.5 Å². The van der Waals surface area contributed by atoms with Gasteiger partial charge in [-0.2, -0.15) is 0 Å². The van der Waals surface area contributed by atoms with Gasteiger partial charge in [0.1, 0.15) is 0 Å². The highest BCUT2D eigenvalue weighted by Gasteiger charge is 2.36. The lowest BCUT2D eigenvalue weighted by molar-refractivity contribution is 0.397. The smallest absolute Gasteiger partial charge is 0.179 e. The Hall–Kier alpha value is -1.01. The van der Waals surface area contributed by atoms with Crippen molar-refractivity contribution in [1.82, 2.24) is 5.32 Å². The van der Waals surface area contributed by atoms with Crippen LogP contribution in [0.3, 0.4) is 0 Å². The second kappa shape index (κ2) is 4.59. The van der Waals surface area contributed by atoms with Crippen molar-refractivity contribution >= 4 is 9.84 Å². The normalized spacial score (nSPS) is 25.8. The van der Waals surface area contributed by atoms with E-state index in [4.69, 9.17) is 0 Å². The van der Waals surface area contributed by atoms with Crippen molar-refractivity contribution < 1.29 is 17.2 Å². The zero-order valence-electron chi connectivity index (χ0n) is 10.2. The number of hydrogen-bond donors (Lipinski definition) is 1. The summed E-state index contributed by atoms with van der Waals surface area (Å²) in [4.78, 5) is -0.0922. The first-order chi connectivity index (χ1) is 8.36. The maximum absolute atomic E-state index is 13.3. The second-order valence-electron chi connectivity index (χ2n) is 4.60. The molecule has 0 radical (unpaired) electrons. The lowest BCUT2D eigenvalue weighted by Gasteiger charge is -2.31. The van der Waals surface area contributed by atoms with Crippen molar-refractivity contribution in [2.75, 3.05) is 12.3 Å². The fraction of sp³-hybridized carbons (Fsp3) is 0.500. The second-order valence-corrected chi connectivity index (χ2v) is 6.60. The van der Waals surface area contributed by atoms with Crippen LogP contribution in [0.1, 0.15) is 25.5 Å². The predicted molar refractivity (Wildman–Crippen MR) is 64.0 cm³/mol. The molecule has 2 atom stereocenters. The Labute approximate surface area is 105 Å².